The second kappa shape index (κ2) is 8.26. The van der Waals surface area contributed by atoms with Gasteiger partial charge < -0.3 is 9.80 Å². The zero-order chi connectivity index (χ0) is 21.3. The van der Waals surface area contributed by atoms with Crippen LogP contribution in [0.5, 0.6) is 0 Å². The Morgan fingerprint density at radius 2 is 1.63 bits per heavy atom. The van der Waals surface area contributed by atoms with Crippen LogP contribution in [0.2, 0.25) is 0 Å². The summed E-state index contributed by atoms with van der Waals surface area (Å²) in [7, 11) is 0. The molecule has 0 aliphatic carbocycles. The first-order valence-electron chi connectivity index (χ1n) is 10.2. The van der Waals surface area contributed by atoms with Crippen molar-refractivity contribution < 1.29 is 9.18 Å². The highest BCUT2D eigenvalue weighted by Crippen LogP contribution is 2.20. The van der Waals surface area contributed by atoms with E-state index < -0.39 is 0 Å². The van der Waals surface area contributed by atoms with Crippen molar-refractivity contribution in [2.45, 2.75) is 20.4 Å². The van der Waals surface area contributed by atoms with Gasteiger partial charge in [0.1, 0.15) is 5.82 Å². The zero-order valence-corrected chi connectivity index (χ0v) is 17.2. The van der Waals surface area contributed by atoms with E-state index in [1.165, 1.54) is 16.8 Å². The molecule has 0 unspecified atom stereocenters. The second-order valence-corrected chi connectivity index (χ2v) is 8.03. The van der Waals surface area contributed by atoms with Crippen molar-refractivity contribution in [3.63, 3.8) is 0 Å². The molecule has 1 saturated heterocycles. The van der Waals surface area contributed by atoms with Crippen LogP contribution in [0.1, 0.15) is 24.3 Å². The summed E-state index contributed by atoms with van der Waals surface area (Å²) in [6.45, 7) is 6.87. The molecule has 0 spiro atoms. The number of piperazine rings is 1. The van der Waals surface area contributed by atoms with Crippen LogP contribution in [0.3, 0.4) is 0 Å². The molecule has 1 aliphatic rings. The van der Waals surface area contributed by atoms with E-state index in [9.17, 15) is 14.0 Å². The predicted octanol–water partition coefficient (Wildman–Crippen LogP) is 3.15. The standard InChI is InChI=1S/C23H25FN4O2/c1-16(2)15-28-22(29)20-6-4-3-5-19(20)21(25-28)23(30)27-13-11-26(12-14-27)18-9-7-17(24)8-10-18/h3-10,16H,11-15H2,1-2H3. The van der Waals surface area contributed by atoms with Crippen molar-refractivity contribution in [1.29, 1.82) is 0 Å². The van der Waals surface area contributed by atoms with Crippen molar-refractivity contribution >= 4 is 22.4 Å². The van der Waals surface area contributed by atoms with Gasteiger partial charge in [0.05, 0.1) is 5.39 Å². The lowest BCUT2D eigenvalue weighted by Crippen LogP contribution is -2.49. The molecule has 1 amide bonds. The number of rotatable bonds is 4. The molecule has 0 bridgehead atoms. The Bertz CT molecular complexity index is 1120. The fraction of sp³-hybridized carbons (Fsp3) is 0.348. The lowest BCUT2D eigenvalue weighted by Gasteiger charge is -2.36. The van der Waals surface area contributed by atoms with E-state index in [0.717, 1.165) is 5.69 Å². The molecular formula is C23H25FN4O2. The molecule has 2 aromatic carbocycles. The smallest absolute Gasteiger partial charge is 0.275 e. The van der Waals surface area contributed by atoms with E-state index in [1.807, 2.05) is 19.9 Å². The van der Waals surface area contributed by atoms with Gasteiger partial charge in [-0.1, -0.05) is 32.0 Å². The van der Waals surface area contributed by atoms with Gasteiger partial charge >= 0.3 is 0 Å². The molecule has 2 heterocycles. The molecule has 3 aromatic rings. The number of hydrogen-bond acceptors (Lipinski definition) is 4. The van der Waals surface area contributed by atoms with Crippen LogP contribution in [-0.4, -0.2) is 46.8 Å². The normalized spacial score (nSPS) is 14.5. The number of halogens is 1. The third kappa shape index (κ3) is 3.92. The Kier molecular flexibility index (Phi) is 5.53. The van der Waals surface area contributed by atoms with Gasteiger partial charge in [0.2, 0.25) is 0 Å². The molecular weight excluding hydrogens is 383 g/mol. The number of fused-ring (bicyclic) bond motifs is 1. The highest BCUT2D eigenvalue weighted by molar-refractivity contribution is 6.04. The first-order chi connectivity index (χ1) is 14.4. The number of anilines is 1. The summed E-state index contributed by atoms with van der Waals surface area (Å²) in [5, 5.41) is 5.57. The van der Waals surface area contributed by atoms with E-state index in [0.29, 0.717) is 49.2 Å². The Hall–Kier alpha value is -3.22. The fourth-order valence-corrected chi connectivity index (χ4v) is 3.83. The molecule has 1 aromatic heterocycles. The molecule has 7 heteroatoms. The maximum atomic E-state index is 13.3. The van der Waals surface area contributed by atoms with Crippen LogP contribution < -0.4 is 10.5 Å². The van der Waals surface area contributed by atoms with E-state index in [-0.39, 0.29) is 23.2 Å². The minimum absolute atomic E-state index is 0.164. The number of nitrogens with zero attached hydrogens (tertiary/aromatic N) is 4. The van der Waals surface area contributed by atoms with Crippen molar-refractivity contribution in [2.75, 3.05) is 31.1 Å². The van der Waals surface area contributed by atoms with Crippen LogP contribution in [0.4, 0.5) is 10.1 Å². The first-order valence-corrected chi connectivity index (χ1v) is 10.2. The molecule has 30 heavy (non-hydrogen) atoms. The third-order valence-corrected chi connectivity index (χ3v) is 5.37. The highest BCUT2D eigenvalue weighted by Gasteiger charge is 2.26. The summed E-state index contributed by atoms with van der Waals surface area (Å²) in [5.41, 5.74) is 1.09. The van der Waals surface area contributed by atoms with Gasteiger partial charge in [-0.15, -0.1) is 0 Å². The van der Waals surface area contributed by atoms with Gasteiger partial charge in [-0.3, -0.25) is 9.59 Å². The molecule has 0 atom stereocenters. The molecule has 1 fully saturated rings. The minimum Gasteiger partial charge on any atom is -0.368 e. The van der Waals surface area contributed by atoms with E-state index in [1.54, 1.807) is 35.2 Å². The van der Waals surface area contributed by atoms with Crippen molar-refractivity contribution in [1.82, 2.24) is 14.7 Å². The maximum Gasteiger partial charge on any atom is 0.275 e. The quantitative estimate of drug-likeness (QED) is 0.666. The molecule has 1 aliphatic heterocycles. The second-order valence-electron chi connectivity index (χ2n) is 8.03. The summed E-state index contributed by atoms with van der Waals surface area (Å²) in [4.78, 5) is 30.0. The third-order valence-electron chi connectivity index (χ3n) is 5.37. The number of hydrogen-bond donors (Lipinski definition) is 0. The van der Waals surface area contributed by atoms with Crippen molar-refractivity contribution in [2.24, 2.45) is 5.92 Å². The van der Waals surface area contributed by atoms with Gasteiger partial charge in [0.15, 0.2) is 5.69 Å². The monoisotopic (exact) mass is 408 g/mol. The zero-order valence-electron chi connectivity index (χ0n) is 17.2. The minimum atomic E-state index is -0.262. The summed E-state index contributed by atoms with van der Waals surface area (Å²) < 4.78 is 14.6. The van der Waals surface area contributed by atoms with Gasteiger partial charge in [0.25, 0.3) is 11.5 Å². The van der Waals surface area contributed by atoms with Gasteiger partial charge in [-0.2, -0.15) is 5.10 Å². The van der Waals surface area contributed by atoms with Crippen LogP contribution in [0.15, 0.2) is 53.3 Å². The summed E-state index contributed by atoms with van der Waals surface area (Å²) in [6, 6.07) is 13.6. The maximum absolute atomic E-state index is 13.3. The van der Waals surface area contributed by atoms with Gasteiger partial charge in [-0.25, -0.2) is 9.07 Å². The van der Waals surface area contributed by atoms with Crippen LogP contribution in [0, 0.1) is 11.7 Å². The Labute approximate surface area is 174 Å². The molecule has 156 valence electrons. The Morgan fingerprint density at radius 3 is 2.27 bits per heavy atom. The number of amides is 1. The first kappa shape index (κ1) is 20.1. The van der Waals surface area contributed by atoms with Gasteiger partial charge in [-0.05, 0) is 36.2 Å². The summed E-state index contributed by atoms with van der Waals surface area (Å²) in [6.07, 6.45) is 0. The fourth-order valence-electron chi connectivity index (χ4n) is 3.83. The average Bonchev–Trinajstić information content (AvgIpc) is 2.76. The number of carbonyl (C=O) groups is 1. The Balaban J connectivity index is 1.60. The molecule has 0 radical (unpaired) electrons. The lowest BCUT2D eigenvalue weighted by molar-refractivity contribution is 0.0740. The largest absolute Gasteiger partial charge is 0.368 e. The molecule has 0 N–H and O–H groups in total. The molecule has 6 nitrogen and oxygen atoms in total. The lowest BCUT2D eigenvalue weighted by atomic mass is 10.1. The Morgan fingerprint density at radius 1 is 1.00 bits per heavy atom. The van der Waals surface area contributed by atoms with Crippen LogP contribution in [0.25, 0.3) is 10.8 Å². The van der Waals surface area contributed by atoms with E-state index >= 15 is 0 Å². The predicted molar refractivity (Wildman–Crippen MR) is 115 cm³/mol. The molecule has 4 rings (SSSR count). The average molecular weight is 408 g/mol. The number of carbonyl (C=O) groups excluding carboxylic acids is 1. The molecule has 0 saturated carbocycles. The number of benzene rings is 2. The van der Waals surface area contributed by atoms with E-state index in [2.05, 4.69) is 10.00 Å². The van der Waals surface area contributed by atoms with Gasteiger partial charge in [0, 0.05) is 43.8 Å². The SMILES string of the molecule is CC(C)Cn1nc(C(=O)N2CCN(c3ccc(F)cc3)CC2)c2ccccc2c1=O. The number of aromatic nitrogens is 2. The van der Waals surface area contributed by atoms with E-state index in [4.69, 9.17) is 0 Å². The topological polar surface area (TPSA) is 58.4 Å². The van der Waals surface area contributed by atoms with Crippen molar-refractivity contribution in [3.05, 3.63) is 70.4 Å². The van der Waals surface area contributed by atoms with Crippen LogP contribution in [-0.2, 0) is 6.54 Å². The summed E-state index contributed by atoms with van der Waals surface area (Å²) in [5.74, 6) is -0.192. The van der Waals surface area contributed by atoms with Crippen LogP contribution >= 0.6 is 0 Å². The summed E-state index contributed by atoms with van der Waals surface area (Å²) >= 11 is 0. The highest BCUT2D eigenvalue weighted by atomic mass is 19.1. The van der Waals surface area contributed by atoms with Crippen molar-refractivity contribution in [3.8, 4) is 0 Å².